The summed E-state index contributed by atoms with van der Waals surface area (Å²) in [7, 11) is 0. The number of amides is 1. The van der Waals surface area contributed by atoms with Crippen LogP contribution >= 0.6 is 11.6 Å². The Morgan fingerprint density at radius 1 is 1.22 bits per heavy atom. The standard InChI is InChI=1S/C22H20ClF4N3O2/c23-16-3-1-12-5-14(6-15(12)19(16)24)29-13-2-4-17(28-8-13)20(22(25,26)27)30-9-21(7-18(30)31)10-32-11-21/h1-4,8,14,20,29H,5-7,9-11H2. The normalized spacial score (nSPS) is 22.7. The molecule has 5 nitrogen and oxygen atoms in total. The number of nitrogens with zero attached hydrogens (tertiary/aromatic N) is 2. The number of nitrogens with one attached hydrogen (secondary N) is 1. The first-order chi connectivity index (χ1) is 15.2. The van der Waals surface area contributed by atoms with E-state index in [0.717, 1.165) is 10.5 Å². The number of likely N-dealkylation sites (tertiary alicyclic amines) is 1. The first kappa shape index (κ1) is 21.5. The fraction of sp³-hybridized carbons (Fsp3) is 0.455. The molecule has 10 heteroatoms. The molecule has 1 amide bonds. The number of alkyl halides is 3. The number of hydrogen-bond donors (Lipinski definition) is 1. The quantitative estimate of drug-likeness (QED) is 0.678. The van der Waals surface area contributed by atoms with Crippen molar-refractivity contribution in [3.63, 3.8) is 0 Å². The first-order valence-corrected chi connectivity index (χ1v) is 10.7. The molecule has 0 radical (unpaired) electrons. The van der Waals surface area contributed by atoms with Gasteiger partial charge >= 0.3 is 6.18 Å². The number of fused-ring (bicyclic) bond motifs is 1. The summed E-state index contributed by atoms with van der Waals surface area (Å²) in [6.07, 6.45) is -2.29. The van der Waals surface area contributed by atoms with E-state index in [9.17, 15) is 22.4 Å². The van der Waals surface area contributed by atoms with Crippen LogP contribution in [0.15, 0.2) is 30.5 Å². The summed E-state index contributed by atoms with van der Waals surface area (Å²) in [6, 6.07) is 3.88. The van der Waals surface area contributed by atoms with Gasteiger partial charge in [0, 0.05) is 24.4 Å². The van der Waals surface area contributed by atoms with Crippen molar-refractivity contribution >= 4 is 23.2 Å². The predicted molar refractivity (Wildman–Crippen MR) is 109 cm³/mol. The van der Waals surface area contributed by atoms with Crippen LogP contribution in [0.5, 0.6) is 0 Å². The molecule has 1 aromatic carbocycles. The van der Waals surface area contributed by atoms with Crippen LogP contribution in [0, 0.1) is 11.2 Å². The van der Waals surface area contributed by atoms with Gasteiger partial charge in [0.25, 0.3) is 0 Å². The number of carbonyl (C=O) groups is 1. The third-order valence-corrected chi connectivity index (χ3v) is 6.73. The summed E-state index contributed by atoms with van der Waals surface area (Å²) < 4.78 is 61.1. The lowest BCUT2D eigenvalue weighted by atomic mass is 9.85. The van der Waals surface area contributed by atoms with Crippen molar-refractivity contribution in [2.45, 2.75) is 37.5 Å². The van der Waals surface area contributed by atoms with Gasteiger partial charge in [-0.1, -0.05) is 17.7 Å². The van der Waals surface area contributed by atoms with Crippen molar-refractivity contribution in [1.82, 2.24) is 9.88 Å². The molecule has 32 heavy (non-hydrogen) atoms. The minimum Gasteiger partial charge on any atom is -0.380 e. The highest BCUT2D eigenvalue weighted by atomic mass is 35.5. The van der Waals surface area contributed by atoms with E-state index in [4.69, 9.17) is 16.3 Å². The van der Waals surface area contributed by atoms with Crippen LogP contribution in [0.1, 0.15) is 29.3 Å². The topological polar surface area (TPSA) is 54.5 Å². The smallest absolute Gasteiger partial charge is 0.380 e. The Morgan fingerprint density at radius 2 is 2.00 bits per heavy atom. The minimum absolute atomic E-state index is 0.00610. The molecule has 0 bridgehead atoms. The Hall–Kier alpha value is -2.39. The van der Waals surface area contributed by atoms with Gasteiger partial charge in [0.05, 0.1) is 35.8 Å². The van der Waals surface area contributed by atoms with Crippen LogP contribution in [0.4, 0.5) is 23.2 Å². The molecule has 1 spiro atoms. The molecule has 1 aromatic heterocycles. The number of benzene rings is 1. The van der Waals surface area contributed by atoms with Crippen LogP contribution < -0.4 is 5.32 Å². The van der Waals surface area contributed by atoms with Gasteiger partial charge in [-0.05, 0) is 42.2 Å². The fourth-order valence-corrected chi connectivity index (χ4v) is 5.05. The zero-order chi connectivity index (χ0) is 22.7. The molecule has 3 aliphatic rings. The van der Waals surface area contributed by atoms with E-state index in [1.54, 1.807) is 6.07 Å². The van der Waals surface area contributed by atoms with E-state index >= 15 is 0 Å². The molecule has 2 fully saturated rings. The average Bonchev–Trinajstić information content (AvgIpc) is 3.27. The molecule has 0 saturated carbocycles. The zero-order valence-electron chi connectivity index (χ0n) is 16.9. The van der Waals surface area contributed by atoms with Crippen molar-refractivity contribution in [3.05, 3.63) is 58.1 Å². The lowest BCUT2D eigenvalue weighted by molar-refractivity contribution is -0.193. The third-order valence-electron chi connectivity index (χ3n) is 6.44. The Kier molecular flexibility index (Phi) is 5.09. The van der Waals surface area contributed by atoms with E-state index in [1.165, 1.54) is 24.4 Å². The highest BCUT2D eigenvalue weighted by molar-refractivity contribution is 6.30. The molecule has 3 heterocycles. The maximum Gasteiger partial charge on any atom is 0.414 e. The van der Waals surface area contributed by atoms with Gasteiger partial charge < -0.3 is 15.0 Å². The average molecular weight is 470 g/mol. The van der Waals surface area contributed by atoms with E-state index in [1.807, 2.05) is 0 Å². The number of anilines is 1. The van der Waals surface area contributed by atoms with Gasteiger partial charge in [-0.3, -0.25) is 9.78 Å². The van der Waals surface area contributed by atoms with Crippen LogP contribution in [0.2, 0.25) is 5.02 Å². The predicted octanol–water partition coefficient (Wildman–Crippen LogP) is 4.31. The monoisotopic (exact) mass is 469 g/mol. The van der Waals surface area contributed by atoms with Gasteiger partial charge in [0.1, 0.15) is 5.82 Å². The molecule has 2 aliphatic heterocycles. The number of halogens is 5. The van der Waals surface area contributed by atoms with Crippen molar-refractivity contribution < 1.29 is 27.1 Å². The fourth-order valence-electron chi connectivity index (χ4n) is 4.87. The Balaban J connectivity index is 1.32. The molecular weight excluding hydrogens is 450 g/mol. The Bertz CT molecular complexity index is 1060. The van der Waals surface area contributed by atoms with Gasteiger partial charge in [-0.15, -0.1) is 0 Å². The van der Waals surface area contributed by atoms with E-state index in [0.29, 0.717) is 37.3 Å². The molecule has 2 aromatic rings. The summed E-state index contributed by atoms with van der Waals surface area (Å²) in [5, 5.41) is 3.27. The summed E-state index contributed by atoms with van der Waals surface area (Å²) in [4.78, 5) is 17.3. The maximum atomic E-state index is 14.2. The molecule has 2 unspecified atom stereocenters. The highest BCUT2D eigenvalue weighted by Crippen LogP contribution is 2.46. The van der Waals surface area contributed by atoms with Crippen LogP contribution in [-0.4, -0.2) is 47.8 Å². The maximum absolute atomic E-state index is 14.2. The number of ether oxygens (including phenoxy) is 1. The molecule has 2 saturated heterocycles. The summed E-state index contributed by atoms with van der Waals surface area (Å²) in [6.45, 7) is 0.601. The molecule has 5 rings (SSSR count). The van der Waals surface area contributed by atoms with E-state index in [-0.39, 0.29) is 29.7 Å². The summed E-state index contributed by atoms with van der Waals surface area (Å²) in [5.74, 6) is -0.969. The molecular formula is C22H20ClF4N3O2. The van der Waals surface area contributed by atoms with E-state index < -0.39 is 29.4 Å². The summed E-state index contributed by atoms with van der Waals surface area (Å²) >= 11 is 5.85. The molecule has 2 atom stereocenters. The Labute approximate surface area is 186 Å². The van der Waals surface area contributed by atoms with Gasteiger partial charge in [-0.2, -0.15) is 13.2 Å². The number of pyridine rings is 1. The first-order valence-electron chi connectivity index (χ1n) is 10.3. The largest absolute Gasteiger partial charge is 0.414 e. The zero-order valence-corrected chi connectivity index (χ0v) is 17.6. The molecule has 170 valence electrons. The SMILES string of the molecule is O=C1CC2(COC2)CN1C(c1ccc(NC2Cc3ccc(Cl)c(F)c3C2)cn1)C(F)(F)F. The summed E-state index contributed by atoms with van der Waals surface area (Å²) in [5.41, 5.74) is 1.18. The van der Waals surface area contributed by atoms with E-state index in [2.05, 4.69) is 10.3 Å². The van der Waals surface area contributed by atoms with Crippen molar-refractivity contribution in [2.75, 3.05) is 25.1 Å². The highest BCUT2D eigenvalue weighted by Gasteiger charge is 2.56. The molecule has 1 aliphatic carbocycles. The lowest BCUT2D eigenvalue weighted by Gasteiger charge is -2.38. The number of hydrogen-bond acceptors (Lipinski definition) is 4. The second kappa shape index (κ2) is 7.59. The van der Waals surface area contributed by atoms with Crippen LogP contribution in [-0.2, 0) is 22.4 Å². The second-order valence-corrected chi connectivity index (χ2v) is 9.26. The molecule has 1 N–H and O–H groups in total. The number of rotatable bonds is 4. The van der Waals surface area contributed by atoms with Crippen molar-refractivity contribution in [3.8, 4) is 0 Å². The third kappa shape index (κ3) is 3.71. The lowest BCUT2D eigenvalue weighted by Crippen LogP contribution is -2.46. The van der Waals surface area contributed by atoms with Gasteiger partial charge in [0.2, 0.25) is 5.91 Å². The number of carbonyl (C=O) groups excluding carboxylic acids is 1. The van der Waals surface area contributed by atoms with Crippen molar-refractivity contribution in [2.24, 2.45) is 5.41 Å². The van der Waals surface area contributed by atoms with Crippen molar-refractivity contribution in [1.29, 1.82) is 0 Å². The Morgan fingerprint density at radius 3 is 2.59 bits per heavy atom. The number of aromatic nitrogens is 1. The van der Waals surface area contributed by atoms with Gasteiger partial charge in [-0.25, -0.2) is 4.39 Å². The minimum atomic E-state index is -4.66. The van der Waals surface area contributed by atoms with Crippen LogP contribution in [0.25, 0.3) is 0 Å². The van der Waals surface area contributed by atoms with Crippen LogP contribution in [0.3, 0.4) is 0 Å². The second-order valence-electron chi connectivity index (χ2n) is 8.86. The van der Waals surface area contributed by atoms with Gasteiger partial charge in [0.15, 0.2) is 6.04 Å².